The van der Waals surface area contributed by atoms with E-state index in [9.17, 15) is 24.3 Å². The zero-order valence-electron chi connectivity index (χ0n) is 19.3. The molecule has 0 aromatic carbocycles. The Labute approximate surface area is 229 Å². The van der Waals surface area contributed by atoms with Crippen molar-refractivity contribution in [1.29, 1.82) is 0 Å². The molecule has 1 fully saturated rings. The zero-order valence-corrected chi connectivity index (χ0v) is 21.8. The largest absolute Gasteiger partial charge is 0.479 e. The Morgan fingerprint density at radius 1 is 1.31 bits per heavy atom. The molecule has 3 aromatic heterocycles. The first-order valence-electron chi connectivity index (χ1n) is 10.7. The molecule has 39 heavy (non-hydrogen) atoms. The average Bonchev–Trinajstić information content (AvgIpc) is 3.55. The number of carboxylic acids is 2. The Morgan fingerprint density at radius 2 is 2.13 bits per heavy atom. The first-order chi connectivity index (χ1) is 18.7. The molecule has 202 valence electrons. The van der Waals surface area contributed by atoms with Gasteiger partial charge in [0.25, 0.3) is 11.8 Å². The molecule has 0 saturated carbocycles. The summed E-state index contributed by atoms with van der Waals surface area (Å²) in [5.74, 6) is -3.55. The van der Waals surface area contributed by atoms with Crippen LogP contribution in [0.1, 0.15) is 5.69 Å². The van der Waals surface area contributed by atoms with Crippen LogP contribution in [0.25, 0.3) is 5.65 Å². The lowest BCUT2D eigenvalue weighted by molar-refractivity contribution is -0.150. The molecule has 0 radical (unpaired) electrons. The molecule has 2 atom stereocenters. The number of aliphatic carboxylic acids is 2. The number of aromatic nitrogens is 6. The first-order valence-corrected chi connectivity index (χ1v) is 13.7. The van der Waals surface area contributed by atoms with Crippen molar-refractivity contribution in [3.05, 3.63) is 34.5 Å². The van der Waals surface area contributed by atoms with Crippen LogP contribution in [0.5, 0.6) is 0 Å². The average molecular weight is 593 g/mol. The van der Waals surface area contributed by atoms with Crippen molar-refractivity contribution in [2.24, 2.45) is 5.16 Å². The summed E-state index contributed by atoms with van der Waals surface area (Å²) < 4.78 is 1.25. The van der Waals surface area contributed by atoms with E-state index >= 15 is 0 Å². The van der Waals surface area contributed by atoms with Gasteiger partial charge in [-0.15, -0.1) is 49.7 Å². The molecular weight excluding hydrogens is 576 g/mol. The number of carboxylic acid groups (broad SMARTS) is 2. The molecule has 2 aliphatic heterocycles. The van der Waals surface area contributed by atoms with E-state index < -0.39 is 41.8 Å². The van der Waals surface area contributed by atoms with Crippen LogP contribution in [0.3, 0.4) is 0 Å². The molecule has 5 heterocycles. The minimum Gasteiger partial charge on any atom is -0.479 e. The molecule has 20 heteroatoms. The monoisotopic (exact) mass is 592 g/mol. The smallest absolute Gasteiger partial charge is 0.352 e. The van der Waals surface area contributed by atoms with Crippen molar-refractivity contribution in [3.63, 3.8) is 0 Å². The summed E-state index contributed by atoms with van der Waals surface area (Å²) in [5, 5.41) is 41.5. The Kier molecular flexibility index (Phi) is 7.30. The number of hydrogen-bond acceptors (Lipinski definition) is 15. The van der Waals surface area contributed by atoms with Gasteiger partial charge in [0.2, 0.25) is 6.61 Å². The van der Waals surface area contributed by atoms with Crippen LogP contribution in [-0.4, -0.2) is 104 Å². The van der Waals surface area contributed by atoms with Crippen LogP contribution in [0, 0.1) is 0 Å². The molecule has 0 bridgehead atoms. The van der Waals surface area contributed by atoms with E-state index in [1.54, 1.807) is 12.1 Å². The Balaban J connectivity index is 1.30. The fourth-order valence-electron chi connectivity index (χ4n) is 3.63. The lowest BCUT2D eigenvalue weighted by atomic mass is 10.0. The quantitative estimate of drug-likeness (QED) is 0.0944. The van der Waals surface area contributed by atoms with Gasteiger partial charge in [-0.2, -0.15) is 0 Å². The van der Waals surface area contributed by atoms with Gasteiger partial charge in [0.1, 0.15) is 27.8 Å². The van der Waals surface area contributed by atoms with Gasteiger partial charge < -0.3 is 26.1 Å². The number of thioether (sulfide) groups is 2. The standard InChI is InChI=1S/C19H16N10O7S3/c20-19-21-8(6-39-19)12(25-36-3-11(30)31)15(32)22-13-16(33)28-14(18(34)35)7(5-38-17(13)28)4-37-10-2-1-9-23-26-27-29(9)24-10/h1-2,6,13,17H,3-5H2,(H2,20,21)(H,22,32)(H,30,31)(H,34,35)/t13?,17-/m1/s1. The Hall–Kier alpha value is -4.30. The minimum absolute atomic E-state index is 0.0271. The van der Waals surface area contributed by atoms with Crippen LogP contribution in [0.4, 0.5) is 5.13 Å². The summed E-state index contributed by atoms with van der Waals surface area (Å²) in [5.41, 5.74) is 6.08. The number of nitrogen functional groups attached to an aromatic ring is 1. The van der Waals surface area contributed by atoms with Crippen molar-refractivity contribution in [2.45, 2.75) is 16.4 Å². The van der Waals surface area contributed by atoms with Crippen LogP contribution >= 0.6 is 34.9 Å². The van der Waals surface area contributed by atoms with Gasteiger partial charge in [-0.1, -0.05) is 5.16 Å². The number of carbonyl (C=O) groups is 4. The van der Waals surface area contributed by atoms with Crippen molar-refractivity contribution in [3.8, 4) is 0 Å². The molecular formula is C19H16N10O7S3. The number of nitrogens with zero attached hydrogens (tertiary/aromatic N) is 8. The molecule has 17 nitrogen and oxygen atoms in total. The number of fused-ring (bicyclic) bond motifs is 2. The molecule has 5 rings (SSSR count). The molecule has 0 spiro atoms. The fourth-order valence-corrected chi connectivity index (χ4v) is 6.51. The van der Waals surface area contributed by atoms with Crippen LogP contribution < -0.4 is 11.1 Å². The number of rotatable bonds is 10. The third-order valence-electron chi connectivity index (χ3n) is 5.30. The second kappa shape index (κ2) is 10.8. The van der Waals surface area contributed by atoms with Gasteiger partial charge in [-0.05, 0) is 28.1 Å². The number of tetrazole rings is 1. The number of carbonyl (C=O) groups excluding carboxylic acids is 2. The van der Waals surface area contributed by atoms with E-state index in [-0.39, 0.29) is 33.7 Å². The second-order valence-corrected chi connectivity index (χ2v) is 10.8. The van der Waals surface area contributed by atoms with E-state index in [1.807, 2.05) is 0 Å². The second-order valence-electron chi connectivity index (χ2n) is 7.78. The fraction of sp³-hybridized carbons (Fsp3) is 0.263. The SMILES string of the molecule is Nc1nc(C(=NOCC(=O)O)C(=O)NC2C(=O)N3C(C(=O)O)=C(CSc4ccc5nnnn5n4)CS[C@H]23)cs1. The maximum absolute atomic E-state index is 13.0. The highest BCUT2D eigenvalue weighted by Crippen LogP contribution is 2.41. The Bertz CT molecular complexity index is 1550. The minimum atomic E-state index is -1.31. The van der Waals surface area contributed by atoms with Gasteiger partial charge >= 0.3 is 11.9 Å². The van der Waals surface area contributed by atoms with Crippen LogP contribution in [0.2, 0.25) is 0 Å². The molecule has 3 aromatic rings. The van der Waals surface area contributed by atoms with Gasteiger partial charge in [0.05, 0.1) is 0 Å². The van der Waals surface area contributed by atoms with Gasteiger partial charge in [-0.25, -0.2) is 14.6 Å². The van der Waals surface area contributed by atoms with Gasteiger partial charge in [0, 0.05) is 16.9 Å². The molecule has 0 aliphatic carbocycles. The molecule has 5 N–H and O–H groups in total. The number of amides is 2. The summed E-state index contributed by atoms with van der Waals surface area (Å²) in [6.07, 6.45) is 0. The van der Waals surface area contributed by atoms with E-state index in [0.717, 1.165) is 16.2 Å². The van der Waals surface area contributed by atoms with Gasteiger partial charge in [0.15, 0.2) is 16.5 Å². The zero-order chi connectivity index (χ0) is 27.7. The third kappa shape index (κ3) is 5.33. The number of nitrogens with two attached hydrogens (primary N) is 1. The maximum atomic E-state index is 13.0. The number of nitrogens with one attached hydrogen (secondary N) is 1. The van der Waals surface area contributed by atoms with E-state index in [4.69, 9.17) is 15.7 Å². The van der Waals surface area contributed by atoms with Crippen LogP contribution in [0.15, 0.2) is 39.0 Å². The molecule has 2 aliphatic rings. The third-order valence-corrected chi connectivity index (χ3v) is 8.32. The van der Waals surface area contributed by atoms with Crippen molar-refractivity contribution < 1.29 is 34.2 Å². The summed E-state index contributed by atoms with van der Waals surface area (Å²) in [6, 6.07) is 2.31. The lowest BCUT2D eigenvalue weighted by Crippen LogP contribution is -2.71. The van der Waals surface area contributed by atoms with Crippen molar-refractivity contribution in [1.82, 2.24) is 40.5 Å². The summed E-state index contributed by atoms with van der Waals surface area (Å²) >= 11 is 3.57. The first kappa shape index (κ1) is 26.3. The van der Waals surface area contributed by atoms with Crippen molar-refractivity contribution >= 4 is 75.1 Å². The summed E-state index contributed by atoms with van der Waals surface area (Å²) in [4.78, 5) is 58.7. The Morgan fingerprint density at radius 3 is 2.85 bits per heavy atom. The lowest BCUT2D eigenvalue weighted by Gasteiger charge is -2.49. The highest BCUT2D eigenvalue weighted by atomic mass is 32.2. The number of anilines is 1. The van der Waals surface area contributed by atoms with Gasteiger partial charge in [-0.3, -0.25) is 14.5 Å². The number of hydrogen-bond donors (Lipinski definition) is 4. The molecule has 2 amide bonds. The highest BCUT2D eigenvalue weighted by Gasteiger charge is 2.54. The topological polar surface area (TPSA) is 240 Å². The summed E-state index contributed by atoms with van der Waals surface area (Å²) in [6.45, 7) is -0.808. The van der Waals surface area contributed by atoms with E-state index in [1.165, 1.54) is 33.5 Å². The van der Waals surface area contributed by atoms with Crippen LogP contribution in [-0.2, 0) is 24.0 Å². The molecule has 1 unspecified atom stereocenters. The number of thiazole rings is 1. The van der Waals surface area contributed by atoms with E-state index in [2.05, 4.69) is 36.1 Å². The predicted molar refractivity (Wildman–Crippen MR) is 136 cm³/mol. The number of β-lactam (4-membered cyclic amide) rings is 1. The van der Waals surface area contributed by atoms with Crippen molar-refractivity contribution in [2.75, 3.05) is 23.8 Å². The predicted octanol–water partition coefficient (Wildman–Crippen LogP) is -1.11. The maximum Gasteiger partial charge on any atom is 0.352 e. The number of oxime groups is 1. The summed E-state index contributed by atoms with van der Waals surface area (Å²) in [7, 11) is 0. The van der Waals surface area contributed by atoms with E-state index in [0.29, 0.717) is 16.2 Å². The molecule has 1 saturated heterocycles. The normalized spacial score (nSPS) is 19.0. The highest BCUT2D eigenvalue weighted by molar-refractivity contribution is 8.01.